The van der Waals surface area contributed by atoms with Gasteiger partial charge in [-0.3, -0.25) is 4.55 Å². The number of hydrogen-bond donors (Lipinski definition) is 11. The van der Waals surface area contributed by atoms with Crippen LogP contribution in [0.2, 0.25) is 0 Å². The van der Waals surface area contributed by atoms with E-state index in [-0.39, 0.29) is 6.29 Å². The van der Waals surface area contributed by atoms with Crippen molar-refractivity contribution in [3.63, 3.8) is 0 Å². The number of carbonyl (C=O) groups is 2. The first-order valence-corrected chi connectivity index (χ1v) is 11.4. The summed E-state index contributed by atoms with van der Waals surface area (Å²) in [4.78, 5) is 20.0. The predicted molar refractivity (Wildman–Crippen MR) is 98.4 cm³/mol. The summed E-state index contributed by atoms with van der Waals surface area (Å²) in [7, 11) is -8.36. The van der Waals surface area contributed by atoms with E-state index in [0.717, 1.165) is 0 Å². The van der Waals surface area contributed by atoms with Crippen molar-refractivity contribution in [1.82, 2.24) is 4.72 Å². The second-order valence-electron chi connectivity index (χ2n) is 6.35. The SMILES string of the molecule is O=C[C@@H](O)[C@H](O)[C@@H](O)[C@H](O)C(=O)O.O=S(=O)(O)N[C@H]1C(O)O[C@H](CO)[C@@H](O)[C@@H]1O.O=S1(=O)OOO1. The molecule has 0 radical (unpaired) electrons. The van der Waals surface area contributed by atoms with E-state index in [9.17, 15) is 41.7 Å². The maximum absolute atomic E-state index is 10.5. The number of carbonyl (C=O) groups excluding carboxylic acids is 1. The van der Waals surface area contributed by atoms with Crippen molar-refractivity contribution in [3.8, 4) is 0 Å². The van der Waals surface area contributed by atoms with Crippen LogP contribution >= 0.6 is 0 Å². The number of aliphatic hydroxyl groups excluding tert-OH is 8. The van der Waals surface area contributed by atoms with Gasteiger partial charge in [0.05, 0.1) is 6.61 Å². The smallest absolute Gasteiger partial charge is 0.457 e. The zero-order valence-corrected chi connectivity index (χ0v) is 18.5. The number of carboxylic acid groups (broad SMARTS) is 1. The molecule has 0 spiro atoms. The number of aliphatic hydroxyl groups is 8. The summed E-state index contributed by atoms with van der Waals surface area (Å²) in [6, 6.07) is -1.62. The molecule has 2 heterocycles. The molecule has 2 saturated heterocycles. The molecule has 1 unspecified atom stereocenters. The molecular weight excluding hydrogens is 542 g/mol. The van der Waals surface area contributed by atoms with Crippen LogP contribution < -0.4 is 4.72 Å². The van der Waals surface area contributed by atoms with Gasteiger partial charge in [-0.15, -0.1) is 0 Å². The van der Waals surface area contributed by atoms with Crippen LogP contribution in [0.1, 0.15) is 0 Å². The number of rotatable bonds is 8. The van der Waals surface area contributed by atoms with Crippen molar-refractivity contribution in [2.24, 2.45) is 0 Å². The minimum Gasteiger partial charge on any atom is -0.479 e. The molecule has 2 aliphatic rings. The normalized spacial score (nSPS) is 31.1. The standard InChI is InChI=1S/C6H13NO8S.C6H10O7.O5S/c8-1-2-4(9)5(10)3(6(11)15-2)7-16(12,13)14;7-1-2(8)3(9)4(10)5(11)6(12)13;1-6(2)4-3-5-6/h2-11H,1H2,(H,12,13,14);1-5,8-11H,(H,12,13);/t2-,3-,4-,5-,6?;2-,3+,4-,5+;/m11./s1. The summed E-state index contributed by atoms with van der Waals surface area (Å²) < 4.78 is 61.3. The fourth-order valence-electron chi connectivity index (χ4n) is 2.08. The maximum Gasteiger partial charge on any atom is 0.457 e. The second kappa shape index (κ2) is 14.3. The molecule has 0 aromatic rings. The Balaban J connectivity index is 0.000000542. The lowest BCUT2D eigenvalue weighted by molar-refractivity contribution is -0.477. The van der Waals surface area contributed by atoms with E-state index in [1.54, 1.807) is 0 Å². The van der Waals surface area contributed by atoms with Gasteiger partial charge in [-0.2, -0.15) is 21.6 Å². The molecular formula is C12H23NO20S2. The number of nitrogens with one attached hydrogen (secondary N) is 1. The van der Waals surface area contributed by atoms with Crippen molar-refractivity contribution in [2.45, 2.75) is 55.1 Å². The lowest BCUT2D eigenvalue weighted by atomic mass is 9.98. The number of aliphatic carboxylic acids is 1. The van der Waals surface area contributed by atoms with E-state index in [1.165, 1.54) is 4.72 Å². The van der Waals surface area contributed by atoms with E-state index in [1.807, 2.05) is 0 Å². The van der Waals surface area contributed by atoms with Gasteiger partial charge in [0.2, 0.25) is 0 Å². The van der Waals surface area contributed by atoms with Crippen LogP contribution in [0, 0.1) is 0 Å². The molecule has 2 fully saturated rings. The van der Waals surface area contributed by atoms with Gasteiger partial charge >= 0.3 is 26.7 Å². The quantitative estimate of drug-likeness (QED) is 0.0738. The van der Waals surface area contributed by atoms with Gasteiger partial charge in [0.15, 0.2) is 18.7 Å². The van der Waals surface area contributed by atoms with Gasteiger partial charge in [-0.25, -0.2) is 4.79 Å². The van der Waals surface area contributed by atoms with E-state index in [0.29, 0.717) is 0 Å². The number of ether oxygens (including phenoxy) is 1. The molecule has 0 amide bonds. The Morgan fingerprint density at radius 1 is 1.03 bits per heavy atom. The third-order valence-electron chi connectivity index (χ3n) is 3.82. The molecule has 9 atom stereocenters. The summed E-state index contributed by atoms with van der Waals surface area (Å²) in [5, 5.41) is 83.3. The average molecular weight is 565 g/mol. The molecule has 0 aliphatic carbocycles. The minimum absolute atomic E-state index is 0.0809. The van der Waals surface area contributed by atoms with Gasteiger partial charge in [0.25, 0.3) is 0 Å². The molecule has 208 valence electrons. The lowest BCUT2D eigenvalue weighted by Crippen LogP contribution is -2.64. The van der Waals surface area contributed by atoms with Crippen molar-refractivity contribution < 1.29 is 95.4 Å². The second-order valence-corrected chi connectivity index (χ2v) is 8.63. The third kappa shape index (κ3) is 11.4. The maximum atomic E-state index is 10.5. The Labute approximate surface area is 195 Å². The summed E-state index contributed by atoms with van der Waals surface area (Å²) in [6.07, 6.45) is -14.7. The Morgan fingerprint density at radius 2 is 1.51 bits per heavy atom. The largest absolute Gasteiger partial charge is 0.479 e. The van der Waals surface area contributed by atoms with E-state index < -0.39 is 88.3 Å². The molecule has 0 aromatic carbocycles. The highest BCUT2D eigenvalue weighted by atomic mass is 32.3. The first-order valence-electron chi connectivity index (χ1n) is 8.63. The van der Waals surface area contributed by atoms with Crippen molar-refractivity contribution in [3.05, 3.63) is 0 Å². The highest BCUT2D eigenvalue weighted by Crippen LogP contribution is 2.20. The van der Waals surface area contributed by atoms with Gasteiger partial charge < -0.3 is 55.5 Å². The van der Waals surface area contributed by atoms with Crippen LogP contribution in [-0.2, 0) is 48.7 Å². The monoisotopic (exact) mass is 565 g/mol. The zero-order valence-electron chi connectivity index (χ0n) is 16.9. The van der Waals surface area contributed by atoms with Crippen LogP contribution in [0.15, 0.2) is 0 Å². The average Bonchev–Trinajstić information content (AvgIpc) is 2.76. The first-order chi connectivity index (χ1) is 15.9. The molecule has 21 nitrogen and oxygen atoms in total. The fourth-order valence-corrected chi connectivity index (χ4v) is 2.83. The summed E-state index contributed by atoms with van der Waals surface area (Å²) in [5.41, 5.74) is 0. The molecule has 2 rings (SSSR count). The number of hydrogen-bond acceptors (Lipinski definition) is 18. The highest BCUT2D eigenvalue weighted by Gasteiger charge is 2.45. The molecule has 0 bridgehead atoms. The molecule has 0 saturated carbocycles. The van der Waals surface area contributed by atoms with Gasteiger partial charge in [0.1, 0.15) is 42.7 Å². The molecule has 23 heteroatoms. The number of aldehydes is 1. The summed E-state index contributed by atoms with van der Waals surface area (Å²) in [5.74, 6) is -1.76. The lowest BCUT2D eigenvalue weighted by Gasteiger charge is -2.39. The Hall–Kier alpha value is -1.52. The highest BCUT2D eigenvalue weighted by molar-refractivity contribution is 7.83. The van der Waals surface area contributed by atoms with E-state index in [4.69, 9.17) is 35.2 Å². The summed E-state index contributed by atoms with van der Waals surface area (Å²) in [6.45, 7) is -0.659. The van der Waals surface area contributed by atoms with Crippen LogP contribution in [0.5, 0.6) is 0 Å². The summed E-state index contributed by atoms with van der Waals surface area (Å²) >= 11 is 0. The van der Waals surface area contributed by atoms with Crippen LogP contribution in [0.25, 0.3) is 0 Å². The minimum atomic E-state index is -4.66. The van der Waals surface area contributed by atoms with Crippen LogP contribution in [0.3, 0.4) is 0 Å². The predicted octanol–water partition coefficient (Wildman–Crippen LogP) is -7.98. The van der Waals surface area contributed by atoms with Gasteiger partial charge in [-0.05, 0) is 13.7 Å². The Morgan fingerprint density at radius 3 is 1.83 bits per heavy atom. The van der Waals surface area contributed by atoms with Crippen molar-refractivity contribution >= 4 is 33.0 Å². The molecule has 35 heavy (non-hydrogen) atoms. The molecule has 0 aromatic heterocycles. The fraction of sp³-hybridized carbons (Fsp3) is 0.833. The Kier molecular flexibility index (Phi) is 13.7. The van der Waals surface area contributed by atoms with Gasteiger partial charge in [0, 0.05) is 0 Å². The molecule has 2 aliphatic heterocycles. The van der Waals surface area contributed by atoms with Crippen LogP contribution in [0.4, 0.5) is 0 Å². The van der Waals surface area contributed by atoms with Crippen molar-refractivity contribution in [1.29, 1.82) is 0 Å². The zero-order chi connectivity index (χ0) is 27.7. The first kappa shape index (κ1) is 33.5. The van der Waals surface area contributed by atoms with Gasteiger partial charge in [-0.1, -0.05) is 0 Å². The Bertz CT molecular complexity index is 869. The van der Waals surface area contributed by atoms with Crippen molar-refractivity contribution in [2.75, 3.05) is 6.61 Å². The van der Waals surface area contributed by atoms with E-state index in [2.05, 4.69) is 18.4 Å². The topological polar surface area (TPSA) is 354 Å². The van der Waals surface area contributed by atoms with Crippen LogP contribution in [-0.4, -0.2) is 141 Å². The molecule has 11 N–H and O–H groups in total. The number of carboxylic acids is 1. The third-order valence-corrected chi connectivity index (χ3v) is 4.84. The van der Waals surface area contributed by atoms with E-state index >= 15 is 0 Å².